The number of allylic oxidation sites excluding steroid dienone is 5. The van der Waals surface area contributed by atoms with Gasteiger partial charge in [0.05, 0.1) is 0 Å². The van der Waals surface area contributed by atoms with Gasteiger partial charge in [0.1, 0.15) is 0 Å². The lowest BCUT2D eigenvalue weighted by Gasteiger charge is -2.00. The van der Waals surface area contributed by atoms with E-state index >= 15 is 0 Å². The van der Waals surface area contributed by atoms with Crippen LogP contribution in [0.1, 0.15) is 6.92 Å². The van der Waals surface area contributed by atoms with Gasteiger partial charge in [-0.15, -0.1) is 0 Å². The van der Waals surface area contributed by atoms with Crippen LogP contribution in [0.2, 0.25) is 0 Å². The van der Waals surface area contributed by atoms with Gasteiger partial charge in [0, 0.05) is 9.80 Å². The summed E-state index contributed by atoms with van der Waals surface area (Å²) in [5.74, 6) is 0.537. The highest BCUT2D eigenvalue weighted by Crippen LogP contribution is 2.28. The van der Waals surface area contributed by atoms with Crippen molar-refractivity contribution in [3.63, 3.8) is 0 Å². The molecule has 1 unspecified atom stereocenters. The Morgan fingerprint density at radius 1 is 1.07 bits per heavy atom. The lowest BCUT2D eigenvalue weighted by atomic mass is 10.2. The quantitative estimate of drug-likeness (QED) is 0.702. The van der Waals surface area contributed by atoms with E-state index in [0.717, 1.165) is 0 Å². The summed E-state index contributed by atoms with van der Waals surface area (Å²) in [5, 5.41) is 0. The van der Waals surface area contributed by atoms with Crippen LogP contribution in [0.15, 0.2) is 70.5 Å². The molecule has 0 saturated heterocycles. The summed E-state index contributed by atoms with van der Waals surface area (Å²) < 4.78 is 0. The molecule has 0 bridgehead atoms. The Kier molecular flexibility index (Phi) is 3.46. The summed E-state index contributed by atoms with van der Waals surface area (Å²) in [6.07, 6.45) is 10.9. The zero-order chi connectivity index (χ0) is 10.5. The Morgan fingerprint density at radius 2 is 1.87 bits per heavy atom. The normalized spacial score (nSPS) is 19.8. The van der Waals surface area contributed by atoms with Crippen LogP contribution in [0.3, 0.4) is 0 Å². The van der Waals surface area contributed by atoms with Gasteiger partial charge >= 0.3 is 0 Å². The van der Waals surface area contributed by atoms with E-state index in [1.807, 2.05) is 6.07 Å². The van der Waals surface area contributed by atoms with E-state index in [1.165, 1.54) is 9.80 Å². The van der Waals surface area contributed by atoms with Crippen LogP contribution in [0.4, 0.5) is 0 Å². The molecule has 0 aliphatic heterocycles. The molecule has 0 nitrogen and oxygen atoms in total. The summed E-state index contributed by atoms with van der Waals surface area (Å²) >= 11 is 1.80. The van der Waals surface area contributed by atoms with Gasteiger partial charge in [-0.3, -0.25) is 0 Å². The van der Waals surface area contributed by atoms with Crippen molar-refractivity contribution in [2.45, 2.75) is 11.8 Å². The molecule has 0 fully saturated rings. The summed E-state index contributed by atoms with van der Waals surface area (Å²) in [6, 6.07) is 10.5. The summed E-state index contributed by atoms with van der Waals surface area (Å²) in [6.45, 7) is 2.19. The molecule has 1 aliphatic rings. The van der Waals surface area contributed by atoms with Gasteiger partial charge < -0.3 is 0 Å². The fraction of sp³-hybridized carbons (Fsp3) is 0.143. The maximum atomic E-state index is 2.23. The van der Waals surface area contributed by atoms with Crippen LogP contribution in [0.5, 0.6) is 0 Å². The van der Waals surface area contributed by atoms with Crippen molar-refractivity contribution in [1.82, 2.24) is 0 Å². The highest BCUT2D eigenvalue weighted by molar-refractivity contribution is 8.03. The van der Waals surface area contributed by atoms with Crippen molar-refractivity contribution < 1.29 is 0 Å². The van der Waals surface area contributed by atoms with Gasteiger partial charge in [-0.2, -0.15) is 0 Å². The van der Waals surface area contributed by atoms with Crippen molar-refractivity contribution in [3.8, 4) is 0 Å². The monoisotopic (exact) mass is 214 g/mol. The Morgan fingerprint density at radius 3 is 2.67 bits per heavy atom. The van der Waals surface area contributed by atoms with Crippen LogP contribution in [-0.2, 0) is 0 Å². The molecular formula is C14H14S. The molecule has 2 rings (SSSR count). The zero-order valence-corrected chi connectivity index (χ0v) is 9.58. The zero-order valence-electron chi connectivity index (χ0n) is 8.76. The van der Waals surface area contributed by atoms with Gasteiger partial charge in [0.15, 0.2) is 0 Å². The lowest BCUT2D eigenvalue weighted by Crippen LogP contribution is -1.78. The number of benzene rings is 1. The molecule has 1 heteroatoms. The van der Waals surface area contributed by atoms with Crippen molar-refractivity contribution in [2.75, 3.05) is 0 Å². The third kappa shape index (κ3) is 3.14. The van der Waals surface area contributed by atoms with Gasteiger partial charge in [-0.05, 0) is 24.1 Å². The Bertz CT molecular complexity index is 399. The van der Waals surface area contributed by atoms with Crippen molar-refractivity contribution in [1.29, 1.82) is 0 Å². The second-order valence-corrected chi connectivity index (χ2v) is 4.73. The number of hydrogen-bond acceptors (Lipinski definition) is 1. The summed E-state index contributed by atoms with van der Waals surface area (Å²) in [7, 11) is 0. The molecule has 0 saturated carbocycles. The minimum atomic E-state index is 0.537. The minimum Gasteiger partial charge on any atom is -0.0901 e. The number of hydrogen-bond donors (Lipinski definition) is 0. The van der Waals surface area contributed by atoms with Crippen LogP contribution >= 0.6 is 11.8 Å². The third-order valence-corrected chi connectivity index (χ3v) is 3.23. The lowest BCUT2D eigenvalue weighted by molar-refractivity contribution is 0.942. The van der Waals surface area contributed by atoms with Gasteiger partial charge in [0.25, 0.3) is 0 Å². The first kappa shape index (κ1) is 10.3. The third-order valence-electron chi connectivity index (χ3n) is 2.22. The van der Waals surface area contributed by atoms with Gasteiger partial charge in [0.2, 0.25) is 0 Å². The summed E-state index contributed by atoms with van der Waals surface area (Å²) in [4.78, 5) is 2.58. The fourth-order valence-corrected chi connectivity index (χ4v) is 2.24. The van der Waals surface area contributed by atoms with Crippen LogP contribution in [0, 0.1) is 5.92 Å². The standard InChI is InChI=1S/C14H14S/c1-12-6-5-9-14(11-10-12)15-13-7-3-2-4-8-13/h2-12H,1H3. The van der Waals surface area contributed by atoms with E-state index in [9.17, 15) is 0 Å². The predicted octanol–water partition coefficient (Wildman–Crippen LogP) is 4.42. The van der Waals surface area contributed by atoms with E-state index in [0.29, 0.717) is 5.92 Å². The van der Waals surface area contributed by atoms with Crippen LogP contribution in [0.25, 0.3) is 0 Å². The van der Waals surface area contributed by atoms with Gasteiger partial charge in [-0.25, -0.2) is 0 Å². The Hall–Kier alpha value is -1.21. The SMILES string of the molecule is CC1C=CC=C(Sc2ccccc2)C=C1. The van der Waals surface area contributed by atoms with Crippen LogP contribution in [-0.4, -0.2) is 0 Å². The maximum absolute atomic E-state index is 2.23. The van der Waals surface area contributed by atoms with E-state index < -0.39 is 0 Å². The number of thioether (sulfide) groups is 1. The smallest absolute Gasteiger partial charge is 0.0122 e. The minimum absolute atomic E-state index is 0.537. The van der Waals surface area contributed by atoms with E-state index in [4.69, 9.17) is 0 Å². The largest absolute Gasteiger partial charge is 0.0901 e. The summed E-state index contributed by atoms with van der Waals surface area (Å²) in [5.41, 5.74) is 0. The molecular weight excluding hydrogens is 200 g/mol. The predicted molar refractivity (Wildman–Crippen MR) is 67.8 cm³/mol. The second kappa shape index (κ2) is 5.04. The van der Waals surface area contributed by atoms with Gasteiger partial charge in [-0.1, -0.05) is 61.2 Å². The molecule has 1 aliphatic carbocycles. The first-order valence-corrected chi connectivity index (χ1v) is 5.96. The molecule has 0 amide bonds. The molecule has 0 heterocycles. The van der Waals surface area contributed by atoms with Crippen LogP contribution < -0.4 is 0 Å². The fourth-order valence-electron chi connectivity index (χ4n) is 1.38. The Labute approximate surface area is 95.4 Å². The maximum Gasteiger partial charge on any atom is 0.0122 e. The van der Waals surface area contributed by atoms with Crippen molar-refractivity contribution in [3.05, 3.63) is 65.6 Å². The molecule has 15 heavy (non-hydrogen) atoms. The first-order chi connectivity index (χ1) is 7.34. The average molecular weight is 214 g/mol. The molecule has 1 atom stereocenters. The molecule has 0 N–H and O–H groups in total. The highest BCUT2D eigenvalue weighted by Gasteiger charge is 1.99. The first-order valence-electron chi connectivity index (χ1n) is 5.14. The molecule has 1 aromatic rings. The Balaban J connectivity index is 2.10. The molecule has 0 radical (unpaired) electrons. The molecule has 1 aromatic carbocycles. The average Bonchev–Trinajstić information content (AvgIpc) is 2.46. The molecule has 76 valence electrons. The molecule has 0 aromatic heterocycles. The number of rotatable bonds is 2. The van der Waals surface area contributed by atoms with Crippen molar-refractivity contribution in [2.24, 2.45) is 5.92 Å². The van der Waals surface area contributed by atoms with E-state index in [-0.39, 0.29) is 0 Å². The van der Waals surface area contributed by atoms with E-state index in [1.54, 1.807) is 11.8 Å². The topological polar surface area (TPSA) is 0 Å². The molecule has 0 spiro atoms. The second-order valence-electron chi connectivity index (χ2n) is 3.59. The van der Waals surface area contributed by atoms with Crippen molar-refractivity contribution >= 4 is 11.8 Å². The highest BCUT2D eigenvalue weighted by atomic mass is 32.2. The van der Waals surface area contributed by atoms with E-state index in [2.05, 4.69) is 61.6 Å².